The van der Waals surface area contributed by atoms with E-state index in [1.165, 1.54) is 12.1 Å². The van der Waals surface area contributed by atoms with Crippen molar-refractivity contribution in [1.29, 1.82) is 0 Å². The molecule has 2 amide bonds. The Morgan fingerprint density at radius 1 is 1.40 bits per heavy atom. The molecular weight excluding hydrogens is 263 g/mol. The van der Waals surface area contributed by atoms with Gasteiger partial charge in [-0.05, 0) is 43.9 Å². The number of nitrogens with one attached hydrogen (secondary N) is 2. The highest BCUT2D eigenvalue weighted by Crippen LogP contribution is 2.35. The second-order valence-corrected chi connectivity index (χ2v) is 5.27. The van der Waals surface area contributed by atoms with Crippen molar-refractivity contribution in [2.45, 2.75) is 38.1 Å². The van der Waals surface area contributed by atoms with Crippen molar-refractivity contribution >= 4 is 17.7 Å². The highest BCUT2D eigenvalue weighted by molar-refractivity contribution is 5.90. The number of halogens is 1. The highest BCUT2D eigenvalue weighted by atomic mass is 19.1. The molecule has 0 atom stereocenters. The standard InChI is InChI=1S/C14H17FN2O3/c1-9-3-4-11(10(15)7-9)16-13(20)17-14(5-2-6-14)8-12(18)19/h3-4,7H,2,5-6,8H2,1H3,(H,18,19)(H2,16,17,20). The van der Waals surface area contributed by atoms with E-state index in [-0.39, 0.29) is 12.1 Å². The van der Waals surface area contributed by atoms with Crippen molar-refractivity contribution in [2.75, 3.05) is 5.32 Å². The average molecular weight is 280 g/mol. The Bertz CT molecular complexity index is 541. The van der Waals surface area contributed by atoms with Crippen molar-refractivity contribution in [1.82, 2.24) is 5.32 Å². The van der Waals surface area contributed by atoms with Crippen molar-refractivity contribution in [2.24, 2.45) is 0 Å². The highest BCUT2D eigenvalue weighted by Gasteiger charge is 2.40. The molecule has 2 rings (SSSR count). The van der Waals surface area contributed by atoms with Crippen molar-refractivity contribution < 1.29 is 19.1 Å². The number of hydrogen-bond acceptors (Lipinski definition) is 2. The number of aliphatic carboxylic acids is 1. The predicted octanol–water partition coefficient (Wildman–Crippen LogP) is 2.65. The SMILES string of the molecule is Cc1ccc(NC(=O)NC2(CC(=O)O)CCC2)c(F)c1. The average Bonchev–Trinajstić information content (AvgIpc) is 2.29. The summed E-state index contributed by atoms with van der Waals surface area (Å²) in [6, 6.07) is 3.92. The topological polar surface area (TPSA) is 78.4 Å². The van der Waals surface area contributed by atoms with Crippen LogP contribution in [0.4, 0.5) is 14.9 Å². The van der Waals surface area contributed by atoms with Gasteiger partial charge in [0.2, 0.25) is 0 Å². The van der Waals surface area contributed by atoms with E-state index in [0.29, 0.717) is 12.8 Å². The molecule has 1 aromatic carbocycles. The zero-order valence-corrected chi connectivity index (χ0v) is 11.2. The fourth-order valence-corrected chi connectivity index (χ4v) is 2.35. The number of carboxylic acid groups (broad SMARTS) is 1. The molecule has 3 N–H and O–H groups in total. The van der Waals surface area contributed by atoms with Crippen LogP contribution in [0.15, 0.2) is 18.2 Å². The van der Waals surface area contributed by atoms with E-state index in [1.54, 1.807) is 13.0 Å². The molecule has 1 aromatic rings. The number of carbonyl (C=O) groups excluding carboxylic acids is 1. The van der Waals surface area contributed by atoms with Gasteiger partial charge in [-0.25, -0.2) is 9.18 Å². The third-order valence-corrected chi connectivity index (χ3v) is 3.55. The van der Waals surface area contributed by atoms with Crippen LogP contribution in [0, 0.1) is 12.7 Å². The lowest BCUT2D eigenvalue weighted by Crippen LogP contribution is -2.55. The maximum atomic E-state index is 13.6. The fraction of sp³-hybridized carbons (Fsp3) is 0.429. The minimum Gasteiger partial charge on any atom is -0.481 e. The van der Waals surface area contributed by atoms with E-state index < -0.39 is 23.4 Å². The van der Waals surface area contributed by atoms with E-state index in [9.17, 15) is 14.0 Å². The zero-order chi connectivity index (χ0) is 14.8. The van der Waals surface area contributed by atoms with E-state index in [2.05, 4.69) is 10.6 Å². The maximum absolute atomic E-state index is 13.6. The quantitative estimate of drug-likeness (QED) is 0.793. The molecule has 0 radical (unpaired) electrons. The van der Waals surface area contributed by atoms with Gasteiger partial charge in [-0.15, -0.1) is 0 Å². The molecule has 5 nitrogen and oxygen atoms in total. The fourth-order valence-electron chi connectivity index (χ4n) is 2.35. The molecule has 1 aliphatic rings. The Morgan fingerprint density at radius 3 is 2.60 bits per heavy atom. The van der Waals surface area contributed by atoms with Crippen LogP contribution >= 0.6 is 0 Å². The van der Waals surface area contributed by atoms with Crippen LogP contribution in [-0.2, 0) is 4.79 Å². The van der Waals surface area contributed by atoms with Crippen LogP contribution in [0.25, 0.3) is 0 Å². The summed E-state index contributed by atoms with van der Waals surface area (Å²) in [4.78, 5) is 22.7. The first-order valence-electron chi connectivity index (χ1n) is 6.47. The second kappa shape index (κ2) is 5.48. The first-order valence-corrected chi connectivity index (χ1v) is 6.47. The van der Waals surface area contributed by atoms with Crippen LogP contribution < -0.4 is 10.6 Å². The molecular formula is C14H17FN2O3. The molecule has 0 bridgehead atoms. The van der Waals surface area contributed by atoms with Crippen molar-refractivity contribution in [3.05, 3.63) is 29.6 Å². The van der Waals surface area contributed by atoms with Gasteiger partial charge in [-0.3, -0.25) is 4.79 Å². The van der Waals surface area contributed by atoms with Crippen molar-refractivity contribution in [3.63, 3.8) is 0 Å². The first-order chi connectivity index (χ1) is 9.40. The molecule has 1 saturated carbocycles. The van der Waals surface area contributed by atoms with Gasteiger partial charge in [0.25, 0.3) is 0 Å². The normalized spacial score (nSPS) is 16.1. The second-order valence-electron chi connectivity index (χ2n) is 5.27. The molecule has 6 heteroatoms. The summed E-state index contributed by atoms with van der Waals surface area (Å²) in [5.74, 6) is -1.47. The largest absolute Gasteiger partial charge is 0.481 e. The summed E-state index contributed by atoms with van der Waals surface area (Å²) >= 11 is 0. The van der Waals surface area contributed by atoms with Gasteiger partial charge in [-0.1, -0.05) is 6.07 Å². The minimum atomic E-state index is -0.952. The van der Waals surface area contributed by atoms with Crippen LogP contribution in [-0.4, -0.2) is 22.6 Å². The minimum absolute atomic E-state index is 0.0814. The summed E-state index contributed by atoms with van der Waals surface area (Å²) in [6.45, 7) is 1.75. The van der Waals surface area contributed by atoms with Crippen LogP contribution in [0.5, 0.6) is 0 Å². The van der Waals surface area contributed by atoms with Gasteiger partial charge in [0.15, 0.2) is 0 Å². The number of hydrogen-bond donors (Lipinski definition) is 3. The lowest BCUT2D eigenvalue weighted by atomic mass is 9.74. The molecule has 108 valence electrons. The van der Waals surface area contributed by atoms with Gasteiger partial charge in [-0.2, -0.15) is 0 Å². The lowest BCUT2D eigenvalue weighted by Gasteiger charge is -2.41. The third-order valence-electron chi connectivity index (χ3n) is 3.55. The number of aryl methyl sites for hydroxylation is 1. The van der Waals surface area contributed by atoms with E-state index >= 15 is 0 Å². The number of rotatable bonds is 4. The van der Waals surface area contributed by atoms with E-state index in [0.717, 1.165) is 12.0 Å². The number of urea groups is 1. The summed E-state index contributed by atoms with van der Waals surface area (Å²) < 4.78 is 13.6. The molecule has 0 unspecified atom stereocenters. The van der Waals surface area contributed by atoms with Crippen LogP contribution in [0.1, 0.15) is 31.2 Å². The molecule has 0 heterocycles. The first kappa shape index (κ1) is 14.3. The summed E-state index contributed by atoms with van der Waals surface area (Å²) in [6.07, 6.45) is 2.02. The Kier molecular flexibility index (Phi) is 3.92. The van der Waals surface area contributed by atoms with Gasteiger partial charge in [0.1, 0.15) is 5.82 Å². The van der Waals surface area contributed by atoms with Gasteiger partial charge < -0.3 is 15.7 Å². The molecule has 0 saturated heterocycles. The summed E-state index contributed by atoms with van der Waals surface area (Å²) in [5.41, 5.74) is 0.143. The molecule has 1 fully saturated rings. The van der Waals surface area contributed by atoms with Gasteiger partial charge in [0, 0.05) is 0 Å². The molecule has 1 aliphatic carbocycles. The molecule has 0 spiro atoms. The number of amides is 2. The summed E-state index contributed by atoms with van der Waals surface area (Å²) in [7, 11) is 0. The smallest absolute Gasteiger partial charge is 0.319 e. The Balaban J connectivity index is 1.99. The van der Waals surface area contributed by atoms with Gasteiger partial charge >= 0.3 is 12.0 Å². The van der Waals surface area contributed by atoms with Crippen LogP contribution in [0.2, 0.25) is 0 Å². The lowest BCUT2D eigenvalue weighted by molar-refractivity contribution is -0.139. The number of anilines is 1. The maximum Gasteiger partial charge on any atom is 0.319 e. The monoisotopic (exact) mass is 280 g/mol. The van der Waals surface area contributed by atoms with E-state index in [1.807, 2.05) is 0 Å². The molecule has 0 aromatic heterocycles. The van der Waals surface area contributed by atoms with E-state index in [4.69, 9.17) is 5.11 Å². The predicted molar refractivity (Wildman–Crippen MR) is 72.1 cm³/mol. The Morgan fingerprint density at radius 2 is 2.10 bits per heavy atom. The molecule has 20 heavy (non-hydrogen) atoms. The van der Waals surface area contributed by atoms with Crippen LogP contribution in [0.3, 0.4) is 0 Å². The molecule has 0 aliphatic heterocycles. The number of carboxylic acids is 1. The Labute approximate surface area is 116 Å². The number of carbonyl (C=O) groups is 2. The zero-order valence-electron chi connectivity index (χ0n) is 11.2. The van der Waals surface area contributed by atoms with Gasteiger partial charge in [0.05, 0.1) is 17.6 Å². The number of benzene rings is 1. The Hall–Kier alpha value is -2.11. The third kappa shape index (κ3) is 3.26. The summed E-state index contributed by atoms with van der Waals surface area (Å²) in [5, 5.41) is 13.9. The van der Waals surface area contributed by atoms with Crippen molar-refractivity contribution in [3.8, 4) is 0 Å².